The number of likely N-dealkylation sites (N-methyl/N-ethyl adjacent to an activating group) is 2. The number of rotatable bonds is 3. The highest BCUT2D eigenvalue weighted by molar-refractivity contribution is 5.32. The van der Waals surface area contributed by atoms with Crippen LogP contribution in [0, 0.1) is 0 Å². The molecule has 0 amide bonds. The van der Waals surface area contributed by atoms with Gasteiger partial charge in [0.15, 0.2) is 0 Å². The van der Waals surface area contributed by atoms with Crippen LogP contribution in [-0.2, 0) is 0 Å². The Morgan fingerprint density at radius 2 is 1.61 bits per heavy atom. The second-order valence-electron chi connectivity index (χ2n) is 7.46. The average Bonchev–Trinajstić information content (AvgIpc) is 2.72. The third-order valence-corrected chi connectivity index (χ3v) is 6.18. The molecule has 2 saturated heterocycles. The summed E-state index contributed by atoms with van der Waals surface area (Å²) < 4.78 is 0. The Morgan fingerprint density at radius 1 is 1.00 bits per heavy atom. The van der Waals surface area contributed by atoms with Gasteiger partial charge in [-0.2, -0.15) is 0 Å². The minimum atomic E-state index is 0.109. The van der Waals surface area contributed by atoms with Crippen LogP contribution in [0.1, 0.15) is 32.1 Å². The molecule has 1 aliphatic carbocycles. The van der Waals surface area contributed by atoms with Crippen LogP contribution >= 0.6 is 0 Å². The van der Waals surface area contributed by atoms with E-state index in [1.165, 1.54) is 43.5 Å². The molecule has 3 aliphatic rings. The molecular formula is C19H32N4. The van der Waals surface area contributed by atoms with E-state index in [1.54, 1.807) is 0 Å². The highest BCUT2D eigenvalue weighted by Crippen LogP contribution is 2.47. The van der Waals surface area contributed by atoms with Crippen LogP contribution in [0.5, 0.6) is 0 Å². The van der Waals surface area contributed by atoms with Crippen molar-refractivity contribution >= 4 is 0 Å². The van der Waals surface area contributed by atoms with Gasteiger partial charge in [0.2, 0.25) is 0 Å². The molecule has 23 heavy (non-hydrogen) atoms. The molecule has 128 valence electrons. The average molecular weight is 316 g/mol. The van der Waals surface area contributed by atoms with Crippen molar-refractivity contribution in [2.24, 2.45) is 0 Å². The van der Waals surface area contributed by atoms with E-state index in [0.717, 1.165) is 38.5 Å². The molecule has 0 N–H and O–H groups in total. The first-order valence-electron chi connectivity index (χ1n) is 8.96. The molecule has 1 saturated carbocycles. The van der Waals surface area contributed by atoms with Gasteiger partial charge in [0.1, 0.15) is 5.82 Å². The van der Waals surface area contributed by atoms with Crippen molar-refractivity contribution in [3.63, 3.8) is 0 Å². The first kappa shape index (κ1) is 16.4. The second-order valence-corrected chi connectivity index (χ2v) is 7.46. The minimum absolute atomic E-state index is 0.109. The molecule has 0 aromatic rings. The summed E-state index contributed by atoms with van der Waals surface area (Å²) in [5, 5.41) is 0. The molecule has 0 atom stereocenters. The van der Waals surface area contributed by atoms with E-state index in [1.807, 2.05) is 0 Å². The smallest absolute Gasteiger partial charge is 0.102 e. The molecule has 4 heteroatoms. The van der Waals surface area contributed by atoms with Crippen molar-refractivity contribution in [1.82, 2.24) is 19.6 Å². The van der Waals surface area contributed by atoms with Crippen LogP contribution in [-0.4, -0.2) is 72.0 Å². The third kappa shape index (κ3) is 2.78. The van der Waals surface area contributed by atoms with Gasteiger partial charge in [-0.25, -0.2) is 0 Å². The van der Waals surface area contributed by atoms with E-state index in [0.29, 0.717) is 0 Å². The van der Waals surface area contributed by atoms with Crippen LogP contribution in [0.2, 0.25) is 0 Å². The lowest BCUT2D eigenvalue weighted by molar-refractivity contribution is 0.173. The summed E-state index contributed by atoms with van der Waals surface area (Å²) in [6.07, 6.45) is 6.36. The predicted molar refractivity (Wildman–Crippen MR) is 96.8 cm³/mol. The molecule has 3 rings (SSSR count). The first-order chi connectivity index (χ1) is 11.0. The van der Waals surface area contributed by atoms with Gasteiger partial charge in [-0.15, -0.1) is 0 Å². The quantitative estimate of drug-likeness (QED) is 0.793. The third-order valence-electron chi connectivity index (χ3n) is 6.18. The minimum Gasteiger partial charge on any atom is -0.371 e. The fourth-order valence-corrected chi connectivity index (χ4v) is 4.38. The zero-order valence-electron chi connectivity index (χ0n) is 15.0. The van der Waals surface area contributed by atoms with Gasteiger partial charge in [-0.3, -0.25) is 0 Å². The van der Waals surface area contributed by atoms with Crippen molar-refractivity contribution < 1.29 is 0 Å². The lowest BCUT2D eigenvalue weighted by Crippen LogP contribution is -2.45. The zero-order valence-corrected chi connectivity index (χ0v) is 15.0. The number of piperazine rings is 1. The fraction of sp³-hybridized carbons (Fsp3) is 0.684. The maximum absolute atomic E-state index is 4.48. The molecule has 0 aromatic heterocycles. The van der Waals surface area contributed by atoms with Gasteiger partial charge in [0.05, 0.1) is 12.1 Å². The summed E-state index contributed by atoms with van der Waals surface area (Å²) in [6, 6.07) is 0. The Morgan fingerprint density at radius 3 is 2.22 bits per heavy atom. The summed E-state index contributed by atoms with van der Waals surface area (Å²) in [5.41, 5.74) is 2.54. The lowest BCUT2D eigenvalue weighted by Gasteiger charge is -2.40. The summed E-state index contributed by atoms with van der Waals surface area (Å²) in [6.45, 7) is 18.4. The molecule has 4 nitrogen and oxygen atoms in total. The Hall–Kier alpha value is -1.42. The fourth-order valence-electron chi connectivity index (χ4n) is 4.38. The number of nitrogens with zero attached hydrogens (tertiary/aromatic N) is 4. The zero-order chi connectivity index (χ0) is 16.6. The molecule has 0 unspecified atom stereocenters. The van der Waals surface area contributed by atoms with E-state index in [9.17, 15) is 0 Å². The molecule has 2 aliphatic heterocycles. The summed E-state index contributed by atoms with van der Waals surface area (Å²) >= 11 is 0. The van der Waals surface area contributed by atoms with Crippen molar-refractivity contribution in [3.05, 3.63) is 37.0 Å². The largest absolute Gasteiger partial charge is 0.371 e. The standard InChI is InChI=1S/C19H32N4/c1-16(22-13-11-20(4)12-14-22)15-23-17(2)19(21(5)18(23)3)9-7-6-8-10-19/h1-3,6-15H2,4-5H3. The van der Waals surface area contributed by atoms with Gasteiger partial charge in [0, 0.05) is 44.6 Å². The normalized spacial score (nSPS) is 25.6. The van der Waals surface area contributed by atoms with Crippen LogP contribution in [0.4, 0.5) is 0 Å². The van der Waals surface area contributed by atoms with Crippen LogP contribution in [0.15, 0.2) is 37.0 Å². The van der Waals surface area contributed by atoms with Gasteiger partial charge >= 0.3 is 0 Å². The van der Waals surface area contributed by atoms with Gasteiger partial charge in [0.25, 0.3) is 0 Å². The number of hydrogen-bond donors (Lipinski definition) is 0. The van der Waals surface area contributed by atoms with Crippen LogP contribution < -0.4 is 0 Å². The topological polar surface area (TPSA) is 13.0 Å². The highest BCUT2D eigenvalue weighted by Gasteiger charge is 2.48. The highest BCUT2D eigenvalue weighted by atomic mass is 15.4. The molecule has 0 bridgehead atoms. The van der Waals surface area contributed by atoms with Gasteiger partial charge < -0.3 is 19.6 Å². The van der Waals surface area contributed by atoms with E-state index in [2.05, 4.69) is 53.4 Å². The van der Waals surface area contributed by atoms with Gasteiger partial charge in [-0.05, 0) is 19.9 Å². The maximum atomic E-state index is 4.48. The Kier molecular flexibility index (Phi) is 4.45. The van der Waals surface area contributed by atoms with Crippen molar-refractivity contribution in [1.29, 1.82) is 0 Å². The summed E-state index contributed by atoms with van der Waals surface area (Å²) in [4.78, 5) is 9.49. The monoisotopic (exact) mass is 316 g/mol. The lowest BCUT2D eigenvalue weighted by atomic mass is 9.79. The predicted octanol–water partition coefficient (Wildman–Crippen LogP) is 2.68. The van der Waals surface area contributed by atoms with E-state index >= 15 is 0 Å². The first-order valence-corrected chi connectivity index (χ1v) is 8.96. The Labute approximate surface area is 141 Å². The van der Waals surface area contributed by atoms with Crippen molar-refractivity contribution in [2.75, 3.05) is 46.8 Å². The number of hydrogen-bond acceptors (Lipinski definition) is 4. The Balaban J connectivity index is 1.69. The van der Waals surface area contributed by atoms with Crippen molar-refractivity contribution in [3.8, 4) is 0 Å². The second kappa shape index (κ2) is 6.23. The molecule has 3 fully saturated rings. The van der Waals surface area contributed by atoms with Crippen LogP contribution in [0.25, 0.3) is 0 Å². The summed E-state index contributed by atoms with van der Waals surface area (Å²) in [7, 11) is 4.38. The van der Waals surface area contributed by atoms with Crippen LogP contribution in [0.3, 0.4) is 0 Å². The summed E-state index contributed by atoms with van der Waals surface area (Å²) in [5.74, 6) is 1.09. The SMILES string of the molecule is C=C(CN1C(=C)N(C)C2(CCCCC2)C1=C)N1CCN(C)CC1. The van der Waals surface area contributed by atoms with E-state index in [-0.39, 0.29) is 5.54 Å². The Bertz CT molecular complexity index is 495. The van der Waals surface area contributed by atoms with E-state index < -0.39 is 0 Å². The molecule has 2 heterocycles. The maximum Gasteiger partial charge on any atom is 0.102 e. The molecule has 0 aromatic carbocycles. The van der Waals surface area contributed by atoms with Crippen molar-refractivity contribution in [2.45, 2.75) is 37.6 Å². The molecule has 1 spiro atoms. The van der Waals surface area contributed by atoms with Gasteiger partial charge in [-0.1, -0.05) is 39.0 Å². The van der Waals surface area contributed by atoms with E-state index in [4.69, 9.17) is 0 Å². The molecule has 0 radical (unpaired) electrons. The molecular weight excluding hydrogens is 284 g/mol.